The van der Waals surface area contributed by atoms with Gasteiger partial charge in [-0.25, -0.2) is 4.98 Å². The maximum atomic E-state index is 4.68. The molecule has 2 unspecified atom stereocenters. The number of halogens is 1. The summed E-state index contributed by atoms with van der Waals surface area (Å²) in [5, 5.41) is 5.85. The van der Waals surface area contributed by atoms with Gasteiger partial charge in [0.25, 0.3) is 0 Å². The Hall–Kier alpha value is -0.933. The molecule has 0 spiro atoms. The lowest BCUT2D eigenvalue weighted by Crippen LogP contribution is -2.56. The Bertz CT molecular complexity index is 1330. The third kappa shape index (κ3) is 5.18. The number of aromatic nitrogens is 3. The second kappa shape index (κ2) is 12.1. The summed E-state index contributed by atoms with van der Waals surface area (Å²) >= 11 is 8.81. The molecule has 0 aromatic carbocycles. The van der Waals surface area contributed by atoms with Gasteiger partial charge in [-0.15, -0.1) is 22.7 Å². The number of thiophene rings is 2. The van der Waals surface area contributed by atoms with Crippen LogP contribution in [0.15, 0.2) is 28.3 Å². The minimum atomic E-state index is -1.91. The van der Waals surface area contributed by atoms with Crippen molar-refractivity contribution in [2.24, 2.45) is 11.8 Å². The molecule has 0 amide bonds. The van der Waals surface area contributed by atoms with Crippen molar-refractivity contribution in [3.63, 3.8) is 0 Å². The van der Waals surface area contributed by atoms with Gasteiger partial charge in [0.05, 0.1) is 11.7 Å². The zero-order valence-corrected chi connectivity index (χ0v) is 27.5. The first-order valence-corrected chi connectivity index (χ1v) is 19.7. The highest BCUT2D eigenvalue weighted by Gasteiger charge is 2.49. The average Bonchev–Trinajstić information content (AvgIpc) is 3.69. The van der Waals surface area contributed by atoms with Crippen LogP contribution in [-0.4, -0.2) is 21.8 Å². The minimum absolute atomic E-state index is 0.789. The van der Waals surface area contributed by atoms with E-state index in [-0.39, 0.29) is 0 Å². The topological polar surface area (TPSA) is 38.7 Å². The van der Waals surface area contributed by atoms with Crippen LogP contribution in [0.3, 0.4) is 0 Å². The molecular weight excluding hydrogens is 595 g/mol. The van der Waals surface area contributed by atoms with Gasteiger partial charge in [0, 0.05) is 26.4 Å². The largest absolute Gasteiger partial charge is 0.246 e. The Morgan fingerprint density at radius 2 is 1.57 bits per heavy atom. The zero-order chi connectivity index (χ0) is 26.0. The van der Waals surface area contributed by atoms with Crippen molar-refractivity contribution in [2.45, 2.75) is 91.1 Å². The number of fused-ring (bicyclic) bond motifs is 4. The number of hydrogen-bond acceptors (Lipinski definition) is 6. The Morgan fingerprint density at radius 3 is 2.22 bits per heavy atom. The Morgan fingerprint density at radius 1 is 0.892 bits per heavy atom. The van der Waals surface area contributed by atoms with E-state index in [1.54, 1.807) is 20.1 Å². The lowest BCUT2D eigenvalue weighted by molar-refractivity contribution is 0.469. The predicted octanol–water partition coefficient (Wildman–Crippen LogP) is 9.61. The molecule has 0 fully saturated rings. The second-order valence-corrected chi connectivity index (χ2v) is 18.1. The maximum Gasteiger partial charge on any atom is 0.138 e. The molecule has 5 rings (SSSR count). The number of hydrogen-bond donors (Lipinski definition) is 0. The lowest BCUT2D eigenvalue weighted by atomic mass is 10.0. The van der Waals surface area contributed by atoms with E-state index < -0.39 is 8.07 Å². The molecule has 0 saturated carbocycles. The van der Waals surface area contributed by atoms with Gasteiger partial charge in [-0.3, -0.25) is 0 Å². The molecule has 8 heteroatoms. The average molecular weight is 633 g/mol. The highest BCUT2D eigenvalue weighted by Crippen LogP contribution is 2.47. The summed E-state index contributed by atoms with van der Waals surface area (Å²) in [5.41, 5.74) is 3.00. The molecule has 3 nitrogen and oxygen atoms in total. The van der Waals surface area contributed by atoms with Crippen LogP contribution in [0.4, 0.5) is 0 Å². The molecule has 5 heterocycles. The molecule has 0 bridgehead atoms. The van der Waals surface area contributed by atoms with Gasteiger partial charge < -0.3 is 0 Å². The molecule has 4 aromatic rings. The standard InChI is InChI=1S/C29H38BrN3S3Si/c1-5-9-11-19(7-3)17-37(18-20(8-4)12-10-6-2)23-13-14-34-27(23)28-24(37)15-22(35-28)21-16-31-29(30)26-25(21)32-36-33-26/h13-16,19-20H,5-12,17-18H2,1-4H3. The minimum Gasteiger partial charge on any atom is -0.246 e. The van der Waals surface area contributed by atoms with Crippen LogP contribution in [-0.2, 0) is 0 Å². The first kappa shape index (κ1) is 27.6. The van der Waals surface area contributed by atoms with Crippen molar-refractivity contribution in [1.29, 1.82) is 0 Å². The van der Waals surface area contributed by atoms with Crippen LogP contribution in [0, 0.1) is 11.8 Å². The highest BCUT2D eigenvalue weighted by atomic mass is 79.9. The fourth-order valence-corrected chi connectivity index (χ4v) is 17.6. The fourth-order valence-electron chi connectivity index (χ4n) is 6.37. The summed E-state index contributed by atoms with van der Waals surface area (Å²) in [6, 6.07) is 7.93. The smallest absolute Gasteiger partial charge is 0.138 e. The molecule has 1 aliphatic heterocycles. The molecule has 0 N–H and O–H groups in total. The van der Waals surface area contributed by atoms with E-state index in [0.717, 1.165) is 33.0 Å². The molecule has 4 aromatic heterocycles. The third-order valence-electron chi connectivity index (χ3n) is 8.51. The SMILES string of the molecule is CCCCC(CC)C[Si]1(CC(CC)CCCC)c2ccsc2-c2sc(-c3cnc(Br)c4nsnc34)cc21. The summed E-state index contributed by atoms with van der Waals surface area (Å²) in [6.07, 6.45) is 12.7. The van der Waals surface area contributed by atoms with Crippen LogP contribution in [0.5, 0.6) is 0 Å². The number of rotatable bonds is 13. The van der Waals surface area contributed by atoms with Crippen molar-refractivity contribution in [1.82, 2.24) is 13.7 Å². The van der Waals surface area contributed by atoms with Gasteiger partial charge in [0.2, 0.25) is 0 Å². The van der Waals surface area contributed by atoms with Crippen molar-refractivity contribution in [3.8, 4) is 20.2 Å². The molecule has 198 valence electrons. The normalized spacial score (nSPS) is 18.3. The Balaban J connectivity index is 1.64. The molecule has 0 radical (unpaired) electrons. The van der Waals surface area contributed by atoms with E-state index in [1.807, 2.05) is 28.9 Å². The van der Waals surface area contributed by atoms with Crippen LogP contribution in [0.2, 0.25) is 12.1 Å². The van der Waals surface area contributed by atoms with Gasteiger partial charge >= 0.3 is 0 Å². The van der Waals surface area contributed by atoms with Crippen LogP contribution >= 0.6 is 50.3 Å². The van der Waals surface area contributed by atoms with Crippen molar-refractivity contribution < 1.29 is 0 Å². The van der Waals surface area contributed by atoms with Gasteiger partial charge in [0.1, 0.15) is 23.7 Å². The lowest BCUT2D eigenvalue weighted by Gasteiger charge is -2.35. The third-order valence-corrected chi connectivity index (χ3v) is 17.6. The monoisotopic (exact) mass is 631 g/mol. The fraction of sp³-hybridized carbons (Fsp3) is 0.552. The summed E-state index contributed by atoms with van der Waals surface area (Å²) in [6.45, 7) is 9.54. The van der Waals surface area contributed by atoms with Crippen LogP contribution in [0.1, 0.15) is 79.1 Å². The maximum absolute atomic E-state index is 4.68. The number of nitrogens with zero attached hydrogens (tertiary/aromatic N) is 3. The first-order chi connectivity index (χ1) is 18.1. The predicted molar refractivity (Wildman–Crippen MR) is 171 cm³/mol. The van der Waals surface area contributed by atoms with Crippen molar-refractivity contribution in [3.05, 3.63) is 28.3 Å². The number of pyridine rings is 1. The summed E-state index contributed by atoms with van der Waals surface area (Å²) < 4.78 is 9.99. The zero-order valence-electron chi connectivity index (χ0n) is 22.5. The molecule has 0 aliphatic carbocycles. The summed E-state index contributed by atoms with van der Waals surface area (Å²) in [4.78, 5) is 9.10. The van der Waals surface area contributed by atoms with E-state index in [2.05, 4.69) is 74.9 Å². The van der Waals surface area contributed by atoms with E-state index >= 15 is 0 Å². The van der Waals surface area contributed by atoms with E-state index in [0.29, 0.717) is 0 Å². The quantitative estimate of drug-likeness (QED) is 0.109. The van der Waals surface area contributed by atoms with Crippen molar-refractivity contribution in [2.75, 3.05) is 0 Å². The molecule has 2 atom stereocenters. The van der Waals surface area contributed by atoms with E-state index in [9.17, 15) is 0 Å². The van der Waals surface area contributed by atoms with Gasteiger partial charge in [0.15, 0.2) is 0 Å². The summed E-state index contributed by atoms with van der Waals surface area (Å²) in [5.74, 6) is 1.64. The van der Waals surface area contributed by atoms with Gasteiger partial charge in [-0.05, 0) is 61.7 Å². The number of unbranched alkanes of at least 4 members (excludes halogenated alkanes) is 2. The van der Waals surface area contributed by atoms with Gasteiger partial charge in [-0.2, -0.15) is 8.75 Å². The first-order valence-electron chi connectivity index (χ1n) is 14.1. The molecule has 37 heavy (non-hydrogen) atoms. The Kier molecular flexibility index (Phi) is 9.01. The second-order valence-electron chi connectivity index (χ2n) is 10.8. The Labute approximate surface area is 243 Å². The molecular formula is C29H38BrN3S3Si. The molecule has 1 aliphatic rings. The van der Waals surface area contributed by atoms with Gasteiger partial charge in [-0.1, -0.05) is 85.1 Å². The van der Waals surface area contributed by atoms with Crippen LogP contribution in [0.25, 0.3) is 31.2 Å². The van der Waals surface area contributed by atoms with Crippen molar-refractivity contribution >= 4 is 79.8 Å². The highest BCUT2D eigenvalue weighted by molar-refractivity contribution is 9.10. The van der Waals surface area contributed by atoms with E-state index in [1.165, 1.54) is 80.1 Å². The summed E-state index contributed by atoms with van der Waals surface area (Å²) in [7, 11) is -1.91. The van der Waals surface area contributed by atoms with Crippen LogP contribution < -0.4 is 10.4 Å². The molecule has 0 saturated heterocycles. The van der Waals surface area contributed by atoms with E-state index in [4.69, 9.17) is 0 Å².